The van der Waals surface area contributed by atoms with Gasteiger partial charge in [0.25, 0.3) is 11.8 Å². The van der Waals surface area contributed by atoms with Crippen molar-refractivity contribution in [3.05, 3.63) is 174 Å². The first-order valence-corrected chi connectivity index (χ1v) is 26.2. The van der Waals surface area contributed by atoms with Crippen LogP contribution in [0.2, 0.25) is 0 Å². The number of carboxylic acid groups (broad SMARTS) is 1. The van der Waals surface area contributed by atoms with Crippen LogP contribution in [0.25, 0.3) is 44.1 Å². The molecule has 0 bridgehead atoms. The summed E-state index contributed by atoms with van der Waals surface area (Å²) < 4.78 is 3.21. The van der Waals surface area contributed by atoms with Gasteiger partial charge >= 0.3 is 5.97 Å². The number of amides is 4. The molecule has 4 amide bonds. The molecule has 0 aliphatic carbocycles. The molecule has 2 atom stereocenters. The van der Waals surface area contributed by atoms with Crippen molar-refractivity contribution in [3.8, 4) is 22.3 Å². The van der Waals surface area contributed by atoms with Gasteiger partial charge in [-0.2, -0.15) is 13.5 Å². The van der Waals surface area contributed by atoms with Gasteiger partial charge in [0, 0.05) is 123 Å². The van der Waals surface area contributed by atoms with Crippen molar-refractivity contribution in [1.82, 2.24) is 49.3 Å². The first kappa shape index (κ1) is 63.1. The van der Waals surface area contributed by atoms with Gasteiger partial charge in [-0.15, -0.1) is 0 Å². The van der Waals surface area contributed by atoms with E-state index in [4.69, 9.17) is 16.6 Å². The molecule has 6 aromatic heterocycles. The van der Waals surface area contributed by atoms with Crippen molar-refractivity contribution in [2.45, 2.75) is 79.6 Å². The lowest BCUT2D eigenvalue weighted by Crippen LogP contribution is -2.48. The first-order valence-electron chi connectivity index (χ1n) is 24.9. The molecular weight excluding hydrogens is 1090 g/mol. The number of pyridine rings is 2. The minimum Gasteiger partial charge on any atom is -0.480 e. The summed E-state index contributed by atoms with van der Waals surface area (Å²) in [4.78, 5) is 100. The summed E-state index contributed by atoms with van der Waals surface area (Å²) in [6.07, 6.45) is 19.1. The topological polar surface area (TPSA) is 289 Å². The third kappa shape index (κ3) is 16.4. The van der Waals surface area contributed by atoms with E-state index in [1.54, 1.807) is 65.6 Å². The lowest BCUT2D eigenvalue weighted by atomic mass is 9.99. The normalized spacial score (nSPS) is 14.0. The number of nitrogens with two attached hydrogens (primary N) is 2. The van der Waals surface area contributed by atoms with Crippen LogP contribution in [-0.2, 0) is 61.1 Å². The fourth-order valence-corrected chi connectivity index (χ4v) is 8.95. The molecule has 2 aromatic carbocycles. The predicted molar refractivity (Wildman–Crippen MR) is 322 cm³/mol. The molecule has 0 saturated heterocycles. The molecule has 0 saturated carbocycles. The standard InChI is InChI=1S/C29H28N6O3.C16H14N4O3.C12H15N3O.CH4.S2.H2S/c1-18-6-5-7-22(33-18)13-27(36)26-8-3-4-11-35(26)28(37)17-34-16-24(29(30)38)23-12-20(9-10-25(23)34)21-14-31-19(2)32-15-21;1-9-18-5-11(6-19-9)10-2-3-14-12(4-10)13(16(17)23)7-20(14)8-15(21)22;1-9-5-4-7-11(14-9)15-12(16)10-6-2-3-8-13-10;;1-2;/h3-7,9-10,12,14-16,26H,8,11,13,17H2,1-2H3,(H2,30,38);2-7H,8H2,1H3,(H2,17,23)(H,21,22);2-5,7,10,13H,6,8H2,1H3,(H,14,15,16);1H4;;1H2/t26-;;10-;;;/m0.0.../s1. The maximum Gasteiger partial charge on any atom is 0.323 e. The molecule has 10 rings (SSSR count). The van der Waals surface area contributed by atoms with Crippen LogP contribution in [0.4, 0.5) is 5.82 Å². The number of hydrogen-bond acceptors (Lipinski definition) is 15. The fourth-order valence-electron chi connectivity index (χ4n) is 8.95. The number of benzene rings is 2. The summed E-state index contributed by atoms with van der Waals surface area (Å²) in [7, 11) is 0. The number of aryl methyl sites for hydroxylation is 4. The van der Waals surface area contributed by atoms with Gasteiger partial charge in [-0.25, -0.2) is 24.9 Å². The molecule has 0 fully saturated rings. The molecule has 8 aromatic rings. The number of aromatic nitrogens is 8. The van der Waals surface area contributed by atoms with Crippen LogP contribution in [0.3, 0.4) is 0 Å². The molecule has 0 radical (unpaired) electrons. The Hall–Kier alpha value is -8.77. The second kappa shape index (κ2) is 29.4. The molecule has 2 aliphatic heterocycles. The molecule has 7 N–H and O–H groups in total. The average Bonchev–Trinajstić information content (AvgIpc) is 4.13. The van der Waals surface area contributed by atoms with Crippen molar-refractivity contribution in [2.24, 2.45) is 11.5 Å². The van der Waals surface area contributed by atoms with Crippen molar-refractivity contribution in [3.63, 3.8) is 0 Å². The summed E-state index contributed by atoms with van der Waals surface area (Å²) in [6, 6.07) is 21.4. The molecular formula is C58H63N13O7S3. The van der Waals surface area contributed by atoms with E-state index in [0.717, 1.165) is 46.6 Å². The number of carbonyl (C=O) groups excluding carboxylic acids is 5. The van der Waals surface area contributed by atoms with Crippen LogP contribution in [-0.4, -0.2) is 110 Å². The number of nitrogens with zero attached hydrogens (tertiary/aromatic N) is 9. The Bertz CT molecular complexity index is 3620. The fraction of sp³-hybridized carbons (Fsp3) is 0.241. The number of Topliss-reactive ketones (excluding diaryl/α,β-unsaturated/α-hetero) is 1. The number of carboxylic acids is 1. The van der Waals surface area contributed by atoms with E-state index >= 15 is 0 Å². The zero-order valence-corrected chi connectivity index (χ0v) is 46.8. The van der Waals surface area contributed by atoms with Gasteiger partial charge in [0.2, 0.25) is 11.8 Å². The van der Waals surface area contributed by atoms with Gasteiger partial charge in [-0.05, 0) is 100 Å². The largest absolute Gasteiger partial charge is 0.480 e. The molecule has 20 nitrogen and oxygen atoms in total. The summed E-state index contributed by atoms with van der Waals surface area (Å²) in [5, 5.41) is 16.2. The van der Waals surface area contributed by atoms with Crippen molar-refractivity contribution < 1.29 is 33.9 Å². The highest BCUT2D eigenvalue weighted by atomic mass is 32.8. The van der Waals surface area contributed by atoms with Crippen LogP contribution < -0.4 is 22.1 Å². The number of ketones is 1. The van der Waals surface area contributed by atoms with Gasteiger partial charge in [-0.1, -0.05) is 56.0 Å². The number of carbonyl (C=O) groups is 6. The number of nitrogens with one attached hydrogen (secondary N) is 2. The Morgan fingerprint density at radius 3 is 1.68 bits per heavy atom. The minimum absolute atomic E-state index is 0. The maximum absolute atomic E-state index is 13.5. The number of anilines is 1. The monoisotopic (exact) mass is 1150 g/mol. The van der Waals surface area contributed by atoms with Crippen molar-refractivity contribution >= 4 is 98.9 Å². The van der Waals surface area contributed by atoms with Gasteiger partial charge < -0.3 is 41.2 Å². The van der Waals surface area contributed by atoms with Crippen LogP contribution in [0, 0.1) is 27.7 Å². The summed E-state index contributed by atoms with van der Waals surface area (Å²) in [5.74, 6) is -0.529. The van der Waals surface area contributed by atoms with Gasteiger partial charge in [0.1, 0.15) is 30.6 Å². The van der Waals surface area contributed by atoms with Crippen LogP contribution in [0.5, 0.6) is 0 Å². The highest BCUT2D eigenvalue weighted by Crippen LogP contribution is 2.30. The molecule has 8 heterocycles. The smallest absolute Gasteiger partial charge is 0.323 e. The lowest BCUT2D eigenvalue weighted by molar-refractivity contribution is -0.139. The molecule has 420 valence electrons. The SMILES string of the molecule is C.Cc1cccc(CC(=O)[C@@H]2CC=CCN2C(=O)Cn2cc(C(N)=O)c3cc(-c4cnc(C)nc4)ccc32)n1.Cc1cccc(NC(=O)[C@@H]2CC=CCN2)n1.Cc1ncc(-c2ccc3c(c2)c(C(N)=O)cn3CC(=O)O)cn1.S.S=S. The highest BCUT2D eigenvalue weighted by molar-refractivity contribution is 8.07. The van der Waals surface area contributed by atoms with E-state index in [-0.39, 0.29) is 69.6 Å². The molecule has 23 heteroatoms. The molecule has 0 unspecified atom stereocenters. The Morgan fingerprint density at radius 2 is 1.19 bits per heavy atom. The van der Waals surface area contributed by atoms with E-state index in [2.05, 4.69) is 62.9 Å². The third-order valence-corrected chi connectivity index (χ3v) is 12.8. The van der Waals surface area contributed by atoms with Crippen molar-refractivity contribution in [2.75, 3.05) is 18.4 Å². The Kier molecular flexibility index (Phi) is 22.9. The number of primary amides is 2. The van der Waals surface area contributed by atoms with E-state index in [1.165, 1.54) is 10.8 Å². The Balaban J connectivity index is 0.000000238. The van der Waals surface area contributed by atoms with Crippen LogP contribution in [0.15, 0.2) is 134 Å². The second-order valence-electron chi connectivity index (χ2n) is 18.5. The zero-order valence-electron chi connectivity index (χ0n) is 44.2. The predicted octanol–water partition coefficient (Wildman–Crippen LogP) is 6.76. The van der Waals surface area contributed by atoms with E-state index < -0.39 is 23.8 Å². The van der Waals surface area contributed by atoms with Gasteiger partial charge in [-0.3, -0.25) is 33.8 Å². The summed E-state index contributed by atoms with van der Waals surface area (Å²) in [5.41, 5.74) is 18.7. The zero-order chi connectivity index (χ0) is 56.8. The van der Waals surface area contributed by atoms with Gasteiger partial charge in [0.15, 0.2) is 5.78 Å². The first-order chi connectivity index (χ1) is 38.0. The molecule has 0 spiro atoms. The second-order valence-corrected chi connectivity index (χ2v) is 18.5. The Labute approximate surface area is 485 Å². The maximum atomic E-state index is 13.5. The van der Waals surface area contributed by atoms with Gasteiger partial charge in [0.05, 0.1) is 29.6 Å². The minimum atomic E-state index is -0.992. The number of rotatable bonds is 13. The van der Waals surface area contributed by atoms with Crippen molar-refractivity contribution in [1.29, 1.82) is 0 Å². The quantitative estimate of drug-likeness (QED) is 0.0745. The highest BCUT2D eigenvalue weighted by Gasteiger charge is 2.31. The van der Waals surface area contributed by atoms with Crippen LogP contribution >= 0.6 is 13.5 Å². The number of aliphatic carboxylic acids is 1. The average molecular weight is 1150 g/mol. The summed E-state index contributed by atoms with van der Waals surface area (Å²) >= 11 is 7.33. The van der Waals surface area contributed by atoms with E-state index in [1.807, 2.05) is 99.7 Å². The third-order valence-electron chi connectivity index (χ3n) is 12.8. The van der Waals surface area contributed by atoms with Crippen LogP contribution in [0.1, 0.15) is 69.7 Å². The summed E-state index contributed by atoms with van der Waals surface area (Å²) in [6.45, 7) is 8.21. The molecule has 81 heavy (non-hydrogen) atoms. The number of hydrogen-bond donors (Lipinski definition) is 5. The van der Waals surface area contributed by atoms with E-state index in [0.29, 0.717) is 63.5 Å². The number of fused-ring (bicyclic) bond motifs is 2. The lowest BCUT2D eigenvalue weighted by Gasteiger charge is -2.32. The molecule has 2 aliphatic rings. The van der Waals surface area contributed by atoms with E-state index in [9.17, 15) is 28.8 Å². The Morgan fingerprint density at radius 1 is 0.667 bits per heavy atom.